The van der Waals surface area contributed by atoms with Gasteiger partial charge in [0.1, 0.15) is 0 Å². The lowest BCUT2D eigenvalue weighted by atomic mass is 10.2. The first-order valence-electron chi connectivity index (χ1n) is 4.64. The molecule has 0 aliphatic heterocycles. The molecule has 0 spiro atoms. The molecule has 0 radical (unpaired) electrons. The molecule has 0 amide bonds. The highest BCUT2D eigenvalue weighted by atomic mass is 35.5. The highest BCUT2D eigenvalue weighted by molar-refractivity contribution is 6.35. The van der Waals surface area contributed by atoms with Gasteiger partial charge in [0.05, 0.1) is 10.5 Å². The number of nitroso groups, excluding NO2 is 1. The molecule has 4 nitrogen and oxygen atoms in total. The summed E-state index contributed by atoms with van der Waals surface area (Å²) < 4.78 is 1.50. The quantitative estimate of drug-likeness (QED) is 0.654. The number of aromatic nitrogens is 1. The first-order chi connectivity index (χ1) is 7.70. The highest BCUT2D eigenvalue weighted by Gasteiger charge is 2.18. The zero-order chi connectivity index (χ0) is 11.7. The summed E-state index contributed by atoms with van der Waals surface area (Å²) in [7, 11) is 0. The van der Waals surface area contributed by atoms with Crippen molar-refractivity contribution in [3.63, 3.8) is 0 Å². The summed E-state index contributed by atoms with van der Waals surface area (Å²) in [5.41, 5.74) is 0.607. The Kier molecular flexibility index (Phi) is 2.66. The predicted octanol–water partition coefficient (Wildman–Crippen LogP) is 3.58. The Morgan fingerprint density at radius 3 is 2.94 bits per heavy atom. The lowest BCUT2D eigenvalue weighted by Gasteiger charge is -2.03. The van der Waals surface area contributed by atoms with Crippen LogP contribution in [0.5, 0.6) is 5.88 Å². The minimum atomic E-state index is -0.182. The van der Waals surface area contributed by atoms with E-state index in [0.29, 0.717) is 22.5 Å². The molecule has 5 heteroatoms. The monoisotopic (exact) mass is 236 g/mol. The molecule has 0 atom stereocenters. The van der Waals surface area contributed by atoms with Crippen LogP contribution in [0.1, 0.15) is 0 Å². The van der Waals surface area contributed by atoms with E-state index in [2.05, 4.69) is 11.8 Å². The van der Waals surface area contributed by atoms with Crippen LogP contribution in [0.4, 0.5) is 5.69 Å². The predicted molar refractivity (Wildman–Crippen MR) is 64.3 cm³/mol. The fourth-order valence-electron chi connectivity index (χ4n) is 1.73. The standard InChI is InChI=1S/C11H9ClN2O2/c1-2-6-14-10-7(4-3-5-8(10)12)9(13-16)11(14)15/h2-5,15H,1,6H2. The molecule has 0 aliphatic carbocycles. The average Bonchev–Trinajstić information content (AvgIpc) is 2.54. The van der Waals surface area contributed by atoms with Crippen LogP contribution in [0.3, 0.4) is 0 Å². The third-order valence-corrected chi connectivity index (χ3v) is 2.69. The van der Waals surface area contributed by atoms with E-state index in [1.54, 1.807) is 24.3 Å². The van der Waals surface area contributed by atoms with Crippen LogP contribution in [0.2, 0.25) is 5.02 Å². The second-order valence-electron chi connectivity index (χ2n) is 3.30. The van der Waals surface area contributed by atoms with E-state index in [1.807, 2.05) is 0 Å². The van der Waals surface area contributed by atoms with Gasteiger partial charge >= 0.3 is 0 Å². The van der Waals surface area contributed by atoms with Gasteiger partial charge in [-0.25, -0.2) is 0 Å². The molecule has 0 aliphatic rings. The minimum Gasteiger partial charge on any atom is -0.493 e. The Morgan fingerprint density at radius 2 is 2.31 bits per heavy atom. The van der Waals surface area contributed by atoms with Crippen LogP contribution >= 0.6 is 11.6 Å². The zero-order valence-electron chi connectivity index (χ0n) is 8.35. The third-order valence-electron chi connectivity index (χ3n) is 2.38. The van der Waals surface area contributed by atoms with Crippen molar-refractivity contribution in [2.75, 3.05) is 0 Å². The molecule has 0 saturated heterocycles. The number of rotatable bonds is 3. The molecular weight excluding hydrogens is 228 g/mol. The van der Waals surface area contributed by atoms with E-state index >= 15 is 0 Å². The fourth-order valence-corrected chi connectivity index (χ4v) is 2.01. The van der Waals surface area contributed by atoms with Gasteiger partial charge < -0.3 is 9.67 Å². The summed E-state index contributed by atoms with van der Waals surface area (Å²) >= 11 is 6.03. The maximum atomic E-state index is 10.7. The van der Waals surface area contributed by atoms with Gasteiger partial charge in [0.25, 0.3) is 0 Å². The average molecular weight is 237 g/mol. The molecule has 2 rings (SSSR count). The van der Waals surface area contributed by atoms with Crippen molar-refractivity contribution >= 4 is 28.2 Å². The van der Waals surface area contributed by atoms with Gasteiger partial charge in [-0.1, -0.05) is 29.8 Å². The maximum absolute atomic E-state index is 10.7. The molecule has 2 aromatic rings. The number of halogens is 1. The van der Waals surface area contributed by atoms with Crippen LogP contribution in [-0.2, 0) is 6.54 Å². The number of fused-ring (bicyclic) bond motifs is 1. The first-order valence-corrected chi connectivity index (χ1v) is 5.02. The van der Waals surface area contributed by atoms with Crippen molar-refractivity contribution in [2.45, 2.75) is 6.54 Å². The molecule has 0 unspecified atom stereocenters. The number of aromatic hydroxyl groups is 1. The van der Waals surface area contributed by atoms with Crippen LogP contribution < -0.4 is 0 Å². The largest absolute Gasteiger partial charge is 0.493 e. The van der Waals surface area contributed by atoms with E-state index in [0.717, 1.165) is 0 Å². The van der Waals surface area contributed by atoms with Crippen LogP contribution in [0, 0.1) is 4.91 Å². The fraction of sp³-hybridized carbons (Fsp3) is 0.0909. The summed E-state index contributed by atoms with van der Waals surface area (Å²) in [6, 6.07) is 5.09. The van der Waals surface area contributed by atoms with Crippen molar-refractivity contribution in [2.24, 2.45) is 5.18 Å². The number of benzene rings is 1. The van der Waals surface area contributed by atoms with Crippen LogP contribution in [0.25, 0.3) is 10.9 Å². The van der Waals surface area contributed by atoms with Crippen molar-refractivity contribution in [1.29, 1.82) is 0 Å². The van der Waals surface area contributed by atoms with Gasteiger partial charge in [-0.3, -0.25) is 0 Å². The van der Waals surface area contributed by atoms with Crippen molar-refractivity contribution < 1.29 is 5.11 Å². The van der Waals surface area contributed by atoms with Crippen molar-refractivity contribution in [3.05, 3.63) is 40.8 Å². The summed E-state index contributed by atoms with van der Waals surface area (Å²) in [6.45, 7) is 3.95. The van der Waals surface area contributed by atoms with E-state index < -0.39 is 0 Å². The number of para-hydroxylation sites is 1. The first kappa shape index (κ1) is 10.7. The minimum absolute atomic E-state index is 0.0133. The summed E-state index contributed by atoms with van der Waals surface area (Å²) in [6.07, 6.45) is 1.61. The zero-order valence-corrected chi connectivity index (χ0v) is 9.11. The van der Waals surface area contributed by atoms with Gasteiger partial charge in [-0.05, 0) is 11.2 Å². The summed E-state index contributed by atoms with van der Waals surface area (Å²) in [4.78, 5) is 10.7. The Balaban J connectivity index is 2.91. The van der Waals surface area contributed by atoms with Gasteiger partial charge in [0, 0.05) is 11.9 Å². The smallest absolute Gasteiger partial charge is 0.222 e. The van der Waals surface area contributed by atoms with E-state index in [-0.39, 0.29) is 11.6 Å². The lowest BCUT2D eigenvalue weighted by Crippen LogP contribution is -1.93. The molecule has 0 bridgehead atoms. The summed E-state index contributed by atoms with van der Waals surface area (Å²) in [5.74, 6) is -0.182. The van der Waals surface area contributed by atoms with E-state index in [4.69, 9.17) is 11.6 Å². The second-order valence-corrected chi connectivity index (χ2v) is 3.71. The molecule has 82 valence electrons. The Bertz CT molecular complexity index is 575. The summed E-state index contributed by atoms with van der Waals surface area (Å²) in [5, 5.41) is 13.7. The molecule has 1 heterocycles. The molecule has 0 saturated carbocycles. The van der Waals surface area contributed by atoms with Crippen molar-refractivity contribution in [1.82, 2.24) is 4.57 Å². The highest BCUT2D eigenvalue weighted by Crippen LogP contribution is 2.41. The maximum Gasteiger partial charge on any atom is 0.222 e. The van der Waals surface area contributed by atoms with Gasteiger partial charge in [-0.15, -0.1) is 11.5 Å². The number of hydrogen-bond donors (Lipinski definition) is 1. The molecular formula is C11H9ClN2O2. The Hall–Kier alpha value is -1.81. The SMILES string of the molecule is C=CCn1c(O)c(N=O)c2cccc(Cl)c21. The molecule has 1 N–H and O–H groups in total. The normalized spacial score (nSPS) is 10.6. The van der Waals surface area contributed by atoms with Gasteiger partial charge in [0.2, 0.25) is 5.88 Å². The van der Waals surface area contributed by atoms with E-state index in [1.165, 1.54) is 4.57 Å². The van der Waals surface area contributed by atoms with Crippen molar-refractivity contribution in [3.8, 4) is 5.88 Å². The lowest BCUT2D eigenvalue weighted by molar-refractivity contribution is 0.431. The molecule has 0 fully saturated rings. The second kappa shape index (κ2) is 3.98. The Labute approximate surface area is 96.7 Å². The molecule has 1 aromatic heterocycles. The van der Waals surface area contributed by atoms with Gasteiger partial charge in [-0.2, -0.15) is 0 Å². The molecule has 1 aromatic carbocycles. The number of nitrogens with zero attached hydrogens (tertiary/aromatic N) is 2. The number of allylic oxidation sites excluding steroid dienone is 1. The molecule has 16 heavy (non-hydrogen) atoms. The third kappa shape index (κ3) is 1.39. The van der Waals surface area contributed by atoms with Crippen LogP contribution in [-0.4, -0.2) is 9.67 Å². The topological polar surface area (TPSA) is 54.6 Å². The number of hydrogen-bond acceptors (Lipinski definition) is 3. The van der Waals surface area contributed by atoms with Crippen LogP contribution in [0.15, 0.2) is 36.0 Å². The van der Waals surface area contributed by atoms with E-state index in [9.17, 15) is 10.0 Å². The van der Waals surface area contributed by atoms with Gasteiger partial charge in [0.15, 0.2) is 5.69 Å². The Morgan fingerprint density at radius 1 is 1.56 bits per heavy atom.